The second kappa shape index (κ2) is 8.59. The van der Waals surface area contributed by atoms with E-state index in [2.05, 4.69) is 5.32 Å². The van der Waals surface area contributed by atoms with Crippen LogP contribution in [0.5, 0.6) is 0 Å². The van der Waals surface area contributed by atoms with Gasteiger partial charge in [0.05, 0.1) is 11.5 Å². The molecule has 0 aliphatic carbocycles. The average molecular weight is 433 g/mol. The zero-order valence-corrected chi connectivity index (χ0v) is 18.5. The first-order chi connectivity index (χ1) is 13.8. The normalized spacial score (nSPS) is 17.8. The number of nitrogens with zero attached hydrogens (tertiary/aromatic N) is 1. The number of nitrogens with one attached hydrogen (secondary N) is 1. The summed E-state index contributed by atoms with van der Waals surface area (Å²) in [5.74, 6) is -0.284. The van der Waals surface area contributed by atoms with E-state index >= 15 is 0 Å². The Kier molecular flexibility index (Phi) is 6.33. The van der Waals surface area contributed by atoms with Crippen molar-refractivity contribution in [2.75, 3.05) is 17.7 Å². The second-order valence-corrected chi connectivity index (χ2v) is 9.72. The third-order valence-corrected chi connectivity index (χ3v) is 7.13. The number of benzene rings is 1. The first kappa shape index (κ1) is 21.4. The molecule has 8 heteroatoms. The zero-order chi connectivity index (χ0) is 21.2. The molecule has 2 heterocycles. The lowest BCUT2D eigenvalue weighted by Gasteiger charge is -2.30. The molecule has 0 spiro atoms. The van der Waals surface area contributed by atoms with Gasteiger partial charge in [-0.25, -0.2) is 4.79 Å². The van der Waals surface area contributed by atoms with Gasteiger partial charge in [0.1, 0.15) is 16.6 Å². The molecule has 1 aromatic heterocycles. The van der Waals surface area contributed by atoms with E-state index in [1.165, 1.54) is 16.2 Å². The highest BCUT2D eigenvalue weighted by molar-refractivity contribution is 8.00. The van der Waals surface area contributed by atoms with Crippen LogP contribution in [-0.2, 0) is 14.3 Å². The summed E-state index contributed by atoms with van der Waals surface area (Å²) < 4.78 is 5.24. The molecule has 1 aliphatic rings. The van der Waals surface area contributed by atoms with Crippen molar-refractivity contribution in [3.63, 3.8) is 0 Å². The van der Waals surface area contributed by atoms with Crippen LogP contribution in [0.4, 0.5) is 5.00 Å². The van der Waals surface area contributed by atoms with Crippen LogP contribution >= 0.6 is 23.1 Å². The molecule has 6 nitrogen and oxygen atoms in total. The highest BCUT2D eigenvalue weighted by Gasteiger charge is 2.43. The predicted octanol–water partition coefficient (Wildman–Crippen LogP) is 4.15. The molecule has 0 saturated carbocycles. The summed E-state index contributed by atoms with van der Waals surface area (Å²) in [7, 11) is 0. The number of carbonyl (C=O) groups excluding carboxylic acids is 3. The zero-order valence-electron chi connectivity index (χ0n) is 16.9. The smallest absolute Gasteiger partial charge is 0.341 e. The van der Waals surface area contributed by atoms with Gasteiger partial charge in [-0.1, -0.05) is 29.8 Å². The molecule has 0 radical (unpaired) electrons. The summed E-state index contributed by atoms with van der Waals surface area (Å²) in [5, 5.41) is 5.14. The van der Waals surface area contributed by atoms with Gasteiger partial charge in [-0.3, -0.25) is 9.59 Å². The van der Waals surface area contributed by atoms with Gasteiger partial charge < -0.3 is 15.0 Å². The van der Waals surface area contributed by atoms with Crippen molar-refractivity contribution >= 4 is 46.4 Å². The number of aryl methyl sites for hydroxylation is 1. The molecule has 1 unspecified atom stereocenters. The molecule has 0 bridgehead atoms. The van der Waals surface area contributed by atoms with Crippen molar-refractivity contribution in [3.8, 4) is 11.1 Å². The molecule has 29 heavy (non-hydrogen) atoms. The lowest BCUT2D eigenvalue weighted by molar-refractivity contribution is -0.130. The van der Waals surface area contributed by atoms with Crippen LogP contribution < -0.4 is 5.32 Å². The molecule has 1 N–H and O–H groups in total. The maximum absolute atomic E-state index is 12.9. The molecule has 2 amide bonds. The minimum atomic E-state index is -0.590. The van der Waals surface area contributed by atoms with E-state index in [1.54, 1.807) is 18.7 Å². The van der Waals surface area contributed by atoms with Crippen molar-refractivity contribution < 1.29 is 19.1 Å². The molecule has 154 valence electrons. The SMILES string of the molecule is CCOC(=O)c1c(-c2ccc(C)cc2)csc1NC(=O)C1CSC(C)(C)N1C=O. The molecule has 1 aromatic carbocycles. The quantitative estimate of drug-likeness (QED) is 0.548. The van der Waals surface area contributed by atoms with E-state index < -0.39 is 16.9 Å². The number of esters is 1. The van der Waals surface area contributed by atoms with Crippen molar-refractivity contribution in [3.05, 3.63) is 40.8 Å². The summed E-state index contributed by atoms with van der Waals surface area (Å²) in [6.45, 7) is 7.79. The minimum absolute atomic E-state index is 0.238. The summed E-state index contributed by atoms with van der Waals surface area (Å²) in [5.41, 5.74) is 3.06. The number of amides is 2. The fraction of sp³-hybridized carbons (Fsp3) is 0.381. The Labute approximate surface area is 178 Å². The van der Waals surface area contributed by atoms with Crippen LogP contribution in [0.15, 0.2) is 29.6 Å². The topological polar surface area (TPSA) is 75.7 Å². The van der Waals surface area contributed by atoms with Gasteiger partial charge in [-0.05, 0) is 33.3 Å². The van der Waals surface area contributed by atoms with Crippen molar-refractivity contribution in [2.45, 2.75) is 38.6 Å². The Balaban J connectivity index is 1.93. The van der Waals surface area contributed by atoms with E-state index in [9.17, 15) is 14.4 Å². The lowest BCUT2D eigenvalue weighted by Crippen LogP contribution is -2.47. The molecule has 1 saturated heterocycles. The largest absolute Gasteiger partial charge is 0.462 e. The van der Waals surface area contributed by atoms with Crippen LogP contribution in [0.1, 0.15) is 36.7 Å². The predicted molar refractivity (Wildman–Crippen MR) is 117 cm³/mol. The summed E-state index contributed by atoms with van der Waals surface area (Å²) >= 11 is 2.83. The Morgan fingerprint density at radius 1 is 1.31 bits per heavy atom. The molecular formula is C21H24N2O4S2. The number of thioether (sulfide) groups is 1. The number of rotatable bonds is 6. The highest BCUT2D eigenvalue weighted by atomic mass is 32.2. The van der Waals surface area contributed by atoms with Gasteiger partial charge in [0.15, 0.2) is 0 Å². The standard InChI is InChI=1S/C21H24N2O4S2/c1-5-27-20(26)17-15(14-8-6-13(2)7-9-14)10-28-19(17)22-18(25)16-11-29-21(3,4)23(16)12-24/h6-10,12,16H,5,11H2,1-4H3,(H,22,25). The lowest BCUT2D eigenvalue weighted by atomic mass is 10.0. The Hall–Kier alpha value is -2.32. The van der Waals surface area contributed by atoms with Crippen molar-refractivity contribution in [1.29, 1.82) is 0 Å². The number of ether oxygens (including phenoxy) is 1. The van der Waals surface area contributed by atoms with Crippen LogP contribution in [0.25, 0.3) is 11.1 Å². The Morgan fingerprint density at radius 3 is 2.62 bits per heavy atom. The monoisotopic (exact) mass is 432 g/mol. The van der Waals surface area contributed by atoms with Crippen LogP contribution in [0.3, 0.4) is 0 Å². The summed E-state index contributed by atoms with van der Waals surface area (Å²) in [6.07, 6.45) is 0.711. The van der Waals surface area contributed by atoms with E-state index in [0.717, 1.165) is 16.7 Å². The minimum Gasteiger partial charge on any atom is -0.462 e. The van der Waals surface area contributed by atoms with Crippen LogP contribution in [0.2, 0.25) is 0 Å². The maximum atomic E-state index is 12.9. The molecule has 1 aliphatic heterocycles. The van der Waals surface area contributed by atoms with Gasteiger partial charge in [0.25, 0.3) is 0 Å². The molecule has 3 rings (SSSR count). The van der Waals surface area contributed by atoms with E-state index in [-0.39, 0.29) is 12.5 Å². The maximum Gasteiger partial charge on any atom is 0.341 e. The third kappa shape index (κ3) is 4.33. The molecule has 2 aromatic rings. The Bertz CT molecular complexity index is 921. The molecule has 1 atom stereocenters. The number of hydrogen-bond donors (Lipinski definition) is 1. The van der Waals surface area contributed by atoms with E-state index in [0.29, 0.717) is 22.7 Å². The second-order valence-electron chi connectivity index (χ2n) is 7.22. The van der Waals surface area contributed by atoms with Gasteiger partial charge in [0.2, 0.25) is 12.3 Å². The fourth-order valence-electron chi connectivity index (χ4n) is 3.21. The van der Waals surface area contributed by atoms with Crippen molar-refractivity contribution in [1.82, 2.24) is 4.90 Å². The van der Waals surface area contributed by atoms with Crippen LogP contribution in [0, 0.1) is 6.92 Å². The summed E-state index contributed by atoms with van der Waals surface area (Å²) in [4.78, 5) is 38.2. The number of thiophene rings is 1. The van der Waals surface area contributed by atoms with Gasteiger partial charge >= 0.3 is 5.97 Å². The Morgan fingerprint density at radius 2 is 2.00 bits per heavy atom. The van der Waals surface area contributed by atoms with Gasteiger partial charge in [-0.15, -0.1) is 23.1 Å². The fourth-order valence-corrected chi connectivity index (χ4v) is 5.37. The molecular weight excluding hydrogens is 408 g/mol. The highest BCUT2D eigenvalue weighted by Crippen LogP contribution is 2.40. The van der Waals surface area contributed by atoms with Crippen molar-refractivity contribution in [2.24, 2.45) is 0 Å². The first-order valence-electron chi connectivity index (χ1n) is 9.32. The van der Waals surface area contributed by atoms with Crippen LogP contribution in [-0.4, -0.2) is 46.5 Å². The number of anilines is 1. The number of hydrogen-bond acceptors (Lipinski definition) is 6. The van der Waals surface area contributed by atoms with Gasteiger partial charge in [0, 0.05) is 16.7 Å². The van der Waals surface area contributed by atoms with Gasteiger partial charge in [-0.2, -0.15) is 0 Å². The van der Waals surface area contributed by atoms with E-state index in [1.807, 2.05) is 50.4 Å². The third-order valence-electron chi connectivity index (χ3n) is 4.84. The van der Waals surface area contributed by atoms with E-state index in [4.69, 9.17) is 4.74 Å². The first-order valence-corrected chi connectivity index (χ1v) is 11.2. The average Bonchev–Trinajstić information content (AvgIpc) is 3.22. The molecule has 1 fully saturated rings. The number of carbonyl (C=O) groups is 3. The summed E-state index contributed by atoms with van der Waals surface area (Å²) in [6, 6.07) is 7.23.